The van der Waals surface area contributed by atoms with Crippen molar-refractivity contribution in [2.45, 2.75) is 38.4 Å². The maximum Gasteiger partial charge on any atom is 0.272 e. The summed E-state index contributed by atoms with van der Waals surface area (Å²) in [5.41, 5.74) is 2.20. The smallest absolute Gasteiger partial charge is 0.272 e. The van der Waals surface area contributed by atoms with Crippen LogP contribution in [0.5, 0.6) is 0 Å². The van der Waals surface area contributed by atoms with E-state index in [0.29, 0.717) is 31.9 Å². The highest BCUT2D eigenvalue weighted by Crippen LogP contribution is 2.35. The van der Waals surface area contributed by atoms with Crippen molar-refractivity contribution in [3.05, 3.63) is 72.2 Å². The van der Waals surface area contributed by atoms with Crippen LogP contribution in [0.25, 0.3) is 0 Å². The number of nitrogens with one attached hydrogen (secondary N) is 2. The van der Waals surface area contributed by atoms with Gasteiger partial charge in [-0.05, 0) is 43.5 Å². The van der Waals surface area contributed by atoms with Crippen molar-refractivity contribution in [1.29, 1.82) is 0 Å². The van der Waals surface area contributed by atoms with Crippen molar-refractivity contribution in [3.8, 4) is 0 Å². The maximum absolute atomic E-state index is 13.4. The minimum absolute atomic E-state index is 0.00428. The molecular formula is C24H27N7O. The van der Waals surface area contributed by atoms with Crippen molar-refractivity contribution < 1.29 is 4.79 Å². The molecule has 3 aromatic rings. The Morgan fingerprint density at radius 3 is 2.88 bits per heavy atom. The second-order valence-corrected chi connectivity index (χ2v) is 8.24. The van der Waals surface area contributed by atoms with Crippen LogP contribution >= 0.6 is 0 Å². The number of aliphatic imine (C=N–C) groups is 1. The van der Waals surface area contributed by atoms with Crippen LogP contribution in [0, 0.1) is 0 Å². The molecule has 1 aromatic carbocycles. The number of amides is 1. The zero-order valence-corrected chi connectivity index (χ0v) is 18.2. The number of amidine groups is 1. The standard InChI is InChI=1S/C24H27N7O/c1-2-31-20(11-14-27-31)22(32)30-15-7-12-24(17-30)23(26-16-18-8-4-3-5-9-18)28-21-19(29-24)10-6-13-25-21/h3-6,8-11,13-14,29H,2,7,12,15-17H2,1H3,(H,25,26,28)/t24-/m1/s1. The van der Waals surface area contributed by atoms with Gasteiger partial charge in [-0.1, -0.05) is 30.3 Å². The zero-order valence-electron chi connectivity index (χ0n) is 18.2. The summed E-state index contributed by atoms with van der Waals surface area (Å²) in [4.78, 5) is 24.7. The molecule has 0 unspecified atom stereocenters. The monoisotopic (exact) mass is 429 g/mol. The van der Waals surface area contributed by atoms with Crippen LogP contribution in [0.2, 0.25) is 0 Å². The number of pyridine rings is 1. The van der Waals surface area contributed by atoms with Crippen LogP contribution in [0.1, 0.15) is 35.8 Å². The maximum atomic E-state index is 13.4. The molecule has 1 amide bonds. The Morgan fingerprint density at radius 1 is 1.16 bits per heavy atom. The molecule has 1 saturated heterocycles. The summed E-state index contributed by atoms with van der Waals surface area (Å²) in [6, 6.07) is 15.9. The summed E-state index contributed by atoms with van der Waals surface area (Å²) in [6.45, 7) is 4.45. The Hall–Kier alpha value is -3.68. The van der Waals surface area contributed by atoms with Gasteiger partial charge in [0.15, 0.2) is 5.82 Å². The number of piperidine rings is 1. The number of carbonyl (C=O) groups excluding carboxylic acids is 1. The lowest BCUT2D eigenvalue weighted by molar-refractivity contribution is 0.0682. The number of rotatable bonds is 4. The first kappa shape index (κ1) is 20.2. The van der Waals surface area contributed by atoms with Gasteiger partial charge in [0.1, 0.15) is 17.1 Å². The fourth-order valence-corrected chi connectivity index (χ4v) is 4.55. The highest BCUT2D eigenvalue weighted by atomic mass is 16.2. The van der Waals surface area contributed by atoms with Crippen LogP contribution < -0.4 is 10.6 Å². The van der Waals surface area contributed by atoms with Gasteiger partial charge in [0.25, 0.3) is 5.91 Å². The first-order chi connectivity index (χ1) is 15.7. The van der Waals surface area contributed by atoms with Gasteiger partial charge in [0, 0.05) is 25.5 Å². The predicted octanol–water partition coefficient (Wildman–Crippen LogP) is 3.41. The molecule has 164 valence electrons. The first-order valence-electron chi connectivity index (χ1n) is 11.1. The van der Waals surface area contributed by atoms with E-state index in [9.17, 15) is 4.79 Å². The van der Waals surface area contributed by atoms with Crippen molar-refractivity contribution in [3.63, 3.8) is 0 Å². The lowest BCUT2D eigenvalue weighted by Gasteiger charge is -2.47. The Morgan fingerprint density at radius 2 is 2.03 bits per heavy atom. The molecule has 8 heteroatoms. The highest BCUT2D eigenvalue weighted by Gasteiger charge is 2.45. The molecule has 1 spiro atoms. The SMILES string of the molecule is CCn1nccc1C(=O)N1CCC[C@]2(C1)Nc1cccnc1NC2=NCc1ccccc1. The third-order valence-electron chi connectivity index (χ3n) is 6.15. The second kappa shape index (κ2) is 8.45. The normalized spacial score (nSPS) is 21.2. The Balaban J connectivity index is 1.48. The first-order valence-corrected chi connectivity index (χ1v) is 11.1. The van der Waals surface area contributed by atoms with Gasteiger partial charge in [-0.25, -0.2) is 4.98 Å². The van der Waals surface area contributed by atoms with Crippen molar-refractivity contribution >= 4 is 23.2 Å². The van der Waals surface area contributed by atoms with Gasteiger partial charge < -0.3 is 15.5 Å². The fourth-order valence-electron chi connectivity index (χ4n) is 4.55. The summed E-state index contributed by atoms with van der Waals surface area (Å²) in [5.74, 6) is 1.59. The summed E-state index contributed by atoms with van der Waals surface area (Å²) >= 11 is 0. The number of anilines is 2. The zero-order chi connectivity index (χ0) is 22.0. The fraction of sp³-hybridized carbons (Fsp3) is 0.333. The van der Waals surface area contributed by atoms with Gasteiger partial charge in [-0.2, -0.15) is 5.10 Å². The molecule has 8 nitrogen and oxygen atoms in total. The van der Waals surface area contributed by atoms with E-state index in [1.807, 2.05) is 42.2 Å². The highest BCUT2D eigenvalue weighted by molar-refractivity contribution is 6.09. The van der Waals surface area contributed by atoms with E-state index in [-0.39, 0.29) is 5.91 Å². The number of nitrogens with zero attached hydrogens (tertiary/aromatic N) is 5. The Labute approximate surface area is 187 Å². The lowest BCUT2D eigenvalue weighted by Crippen LogP contribution is -2.62. The Bertz CT molecular complexity index is 1140. The summed E-state index contributed by atoms with van der Waals surface area (Å²) in [5, 5.41) is 11.4. The van der Waals surface area contributed by atoms with Crippen molar-refractivity contribution in [2.24, 2.45) is 4.99 Å². The number of hydrogen-bond acceptors (Lipinski definition) is 5. The molecule has 5 rings (SSSR count). The largest absolute Gasteiger partial charge is 0.368 e. The third-order valence-corrected chi connectivity index (χ3v) is 6.15. The van der Waals surface area contributed by atoms with Crippen LogP contribution in [0.15, 0.2) is 65.9 Å². The van der Waals surface area contributed by atoms with E-state index < -0.39 is 5.54 Å². The van der Waals surface area contributed by atoms with Gasteiger partial charge in [-0.15, -0.1) is 0 Å². The van der Waals surface area contributed by atoms with Gasteiger partial charge in [0.05, 0.1) is 18.8 Å². The Kier molecular flexibility index (Phi) is 5.34. The number of likely N-dealkylation sites (tertiary alicyclic amines) is 1. The molecular weight excluding hydrogens is 402 g/mol. The molecule has 32 heavy (non-hydrogen) atoms. The molecule has 1 atom stereocenters. The lowest BCUT2D eigenvalue weighted by atomic mass is 9.85. The summed E-state index contributed by atoms with van der Waals surface area (Å²) in [7, 11) is 0. The van der Waals surface area contributed by atoms with E-state index in [1.165, 1.54) is 0 Å². The number of hydrogen-bond donors (Lipinski definition) is 2. The molecule has 2 aliphatic heterocycles. The number of carbonyl (C=O) groups is 1. The van der Waals surface area contributed by atoms with E-state index >= 15 is 0 Å². The quantitative estimate of drug-likeness (QED) is 0.664. The molecule has 2 aromatic heterocycles. The second-order valence-electron chi connectivity index (χ2n) is 8.24. The summed E-state index contributed by atoms with van der Waals surface area (Å²) in [6.07, 6.45) is 5.20. The van der Waals surface area contributed by atoms with Crippen LogP contribution in [-0.4, -0.2) is 50.0 Å². The number of benzene rings is 1. The minimum atomic E-state index is -0.490. The molecule has 2 N–H and O–H groups in total. The van der Waals surface area contributed by atoms with Crippen LogP contribution in [0.3, 0.4) is 0 Å². The number of aromatic nitrogens is 3. The van der Waals surface area contributed by atoms with Gasteiger partial charge >= 0.3 is 0 Å². The predicted molar refractivity (Wildman–Crippen MR) is 125 cm³/mol. The van der Waals surface area contributed by atoms with Gasteiger partial charge in [0.2, 0.25) is 0 Å². The third kappa shape index (κ3) is 3.72. The topological polar surface area (TPSA) is 87.4 Å². The molecule has 0 bridgehead atoms. The molecule has 1 fully saturated rings. The minimum Gasteiger partial charge on any atom is -0.368 e. The number of aryl methyl sites for hydroxylation is 1. The van der Waals surface area contributed by atoms with E-state index in [0.717, 1.165) is 35.7 Å². The number of fused-ring (bicyclic) bond motifs is 1. The van der Waals surface area contributed by atoms with Crippen molar-refractivity contribution in [2.75, 3.05) is 23.7 Å². The molecule has 4 heterocycles. The van der Waals surface area contributed by atoms with Crippen molar-refractivity contribution in [1.82, 2.24) is 19.7 Å². The molecule has 0 radical (unpaired) electrons. The van der Waals surface area contributed by atoms with E-state index in [2.05, 4.69) is 32.8 Å². The van der Waals surface area contributed by atoms with Gasteiger partial charge in [-0.3, -0.25) is 14.5 Å². The average Bonchev–Trinajstić information content (AvgIpc) is 3.32. The summed E-state index contributed by atoms with van der Waals surface area (Å²) < 4.78 is 1.75. The molecule has 0 aliphatic carbocycles. The van der Waals surface area contributed by atoms with Crippen LogP contribution in [-0.2, 0) is 13.1 Å². The van der Waals surface area contributed by atoms with E-state index in [4.69, 9.17) is 4.99 Å². The average molecular weight is 430 g/mol. The van der Waals surface area contributed by atoms with Crippen LogP contribution in [0.4, 0.5) is 11.5 Å². The molecule has 2 aliphatic rings. The molecule has 0 saturated carbocycles. The van der Waals surface area contributed by atoms with E-state index in [1.54, 1.807) is 23.1 Å².